The van der Waals surface area contributed by atoms with Crippen molar-refractivity contribution in [2.24, 2.45) is 0 Å². The van der Waals surface area contributed by atoms with E-state index in [0.717, 1.165) is 24.0 Å². The predicted octanol–water partition coefficient (Wildman–Crippen LogP) is 3.28. The molecule has 1 N–H and O–H groups in total. The molecule has 0 saturated heterocycles. The third-order valence-electron chi connectivity index (χ3n) is 4.53. The molecule has 0 bridgehead atoms. The molecule has 0 radical (unpaired) electrons. The van der Waals surface area contributed by atoms with E-state index in [9.17, 15) is 13.2 Å². The Morgan fingerprint density at radius 3 is 2.30 bits per heavy atom. The average molecular weight is 391 g/mol. The molecule has 6 nitrogen and oxygen atoms in total. The SMILES string of the molecule is CCC(NC(=O)c1ccc(N(C)S(C)(=O)=O)c(C)c1)c1ccc(OC)cc1. The second-order valence-electron chi connectivity index (χ2n) is 6.44. The van der Waals surface area contributed by atoms with E-state index in [2.05, 4.69) is 5.32 Å². The highest BCUT2D eigenvalue weighted by Crippen LogP contribution is 2.24. The summed E-state index contributed by atoms with van der Waals surface area (Å²) in [6.07, 6.45) is 1.89. The minimum atomic E-state index is -3.35. The lowest BCUT2D eigenvalue weighted by Crippen LogP contribution is -2.29. The summed E-state index contributed by atoms with van der Waals surface area (Å²) in [4.78, 5) is 12.7. The summed E-state index contributed by atoms with van der Waals surface area (Å²) >= 11 is 0. The molecule has 2 aromatic carbocycles. The van der Waals surface area contributed by atoms with Crippen LogP contribution in [0, 0.1) is 6.92 Å². The lowest BCUT2D eigenvalue weighted by atomic mass is 10.0. The average Bonchev–Trinajstić information content (AvgIpc) is 2.64. The van der Waals surface area contributed by atoms with Crippen LogP contribution in [0.3, 0.4) is 0 Å². The summed E-state index contributed by atoms with van der Waals surface area (Å²) in [5, 5.41) is 3.03. The number of rotatable bonds is 7. The Balaban J connectivity index is 2.20. The standard InChI is InChI=1S/C20H26N2O4S/c1-6-18(15-7-10-17(26-4)11-8-15)21-20(23)16-9-12-19(14(2)13-16)22(3)27(5,24)25/h7-13,18H,6H2,1-5H3,(H,21,23). The van der Waals surface area contributed by atoms with Crippen molar-refractivity contribution in [2.45, 2.75) is 26.3 Å². The van der Waals surface area contributed by atoms with E-state index in [-0.39, 0.29) is 11.9 Å². The first kappa shape index (κ1) is 20.8. The maximum Gasteiger partial charge on any atom is 0.251 e. The zero-order valence-electron chi connectivity index (χ0n) is 16.3. The molecule has 1 amide bonds. The van der Waals surface area contributed by atoms with E-state index in [1.54, 1.807) is 32.2 Å². The highest BCUT2D eigenvalue weighted by Gasteiger charge is 2.18. The Kier molecular flexibility index (Phi) is 6.49. The van der Waals surface area contributed by atoms with E-state index in [4.69, 9.17) is 4.74 Å². The Morgan fingerprint density at radius 1 is 1.19 bits per heavy atom. The molecule has 0 spiro atoms. The minimum Gasteiger partial charge on any atom is -0.497 e. The molecule has 1 atom stereocenters. The van der Waals surface area contributed by atoms with Crippen molar-refractivity contribution in [1.82, 2.24) is 5.32 Å². The van der Waals surface area contributed by atoms with E-state index in [0.29, 0.717) is 16.8 Å². The summed E-state index contributed by atoms with van der Waals surface area (Å²) in [5.74, 6) is 0.565. The van der Waals surface area contributed by atoms with Gasteiger partial charge in [-0.25, -0.2) is 8.42 Å². The van der Waals surface area contributed by atoms with Crippen LogP contribution in [-0.4, -0.2) is 34.7 Å². The van der Waals surface area contributed by atoms with Crippen molar-refractivity contribution >= 4 is 21.6 Å². The molecular weight excluding hydrogens is 364 g/mol. The number of nitrogens with one attached hydrogen (secondary N) is 1. The van der Waals surface area contributed by atoms with Crippen molar-refractivity contribution in [1.29, 1.82) is 0 Å². The quantitative estimate of drug-likeness (QED) is 0.787. The molecular formula is C20H26N2O4S. The zero-order valence-corrected chi connectivity index (χ0v) is 17.1. The molecule has 2 aromatic rings. The van der Waals surface area contributed by atoms with Crippen LogP contribution in [-0.2, 0) is 10.0 Å². The number of hydrogen-bond donors (Lipinski definition) is 1. The van der Waals surface area contributed by atoms with Gasteiger partial charge in [-0.3, -0.25) is 9.10 Å². The number of ether oxygens (including phenoxy) is 1. The molecule has 0 fully saturated rings. The largest absolute Gasteiger partial charge is 0.497 e. The van der Waals surface area contributed by atoms with Crippen molar-refractivity contribution in [2.75, 3.05) is 24.7 Å². The summed E-state index contributed by atoms with van der Waals surface area (Å²) < 4.78 is 29.8. The number of carbonyl (C=O) groups excluding carboxylic acids is 1. The third-order valence-corrected chi connectivity index (χ3v) is 5.72. The van der Waals surface area contributed by atoms with Crippen LogP contribution in [0.4, 0.5) is 5.69 Å². The van der Waals surface area contributed by atoms with Crippen LogP contribution in [0.2, 0.25) is 0 Å². The van der Waals surface area contributed by atoms with E-state index >= 15 is 0 Å². The monoisotopic (exact) mass is 390 g/mol. The fourth-order valence-corrected chi connectivity index (χ4v) is 3.39. The molecule has 27 heavy (non-hydrogen) atoms. The van der Waals surface area contributed by atoms with Crippen LogP contribution in [0.5, 0.6) is 5.75 Å². The molecule has 1 unspecified atom stereocenters. The Labute approximate surface area is 161 Å². The number of sulfonamides is 1. The minimum absolute atomic E-state index is 0.123. The summed E-state index contributed by atoms with van der Waals surface area (Å²) in [7, 11) is -0.247. The lowest BCUT2D eigenvalue weighted by Gasteiger charge is -2.21. The fourth-order valence-electron chi connectivity index (χ4n) is 2.83. The first-order valence-electron chi connectivity index (χ1n) is 8.66. The van der Waals surface area contributed by atoms with Crippen LogP contribution >= 0.6 is 0 Å². The normalized spacial score (nSPS) is 12.3. The summed E-state index contributed by atoms with van der Waals surface area (Å²) in [5.41, 5.74) is 2.76. The van der Waals surface area contributed by atoms with Gasteiger partial charge in [-0.1, -0.05) is 19.1 Å². The van der Waals surface area contributed by atoms with Gasteiger partial charge in [0.05, 0.1) is 25.1 Å². The van der Waals surface area contributed by atoms with Crippen molar-refractivity contribution < 1.29 is 17.9 Å². The molecule has 2 rings (SSSR count). The zero-order chi connectivity index (χ0) is 20.2. The van der Waals surface area contributed by atoms with Gasteiger partial charge in [-0.2, -0.15) is 0 Å². The molecule has 0 saturated carbocycles. The third kappa shape index (κ3) is 5.01. The van der Waals surface area contributed by atoms with Gasteiger partial charge in [-0.15, -0.1) is 0 Å². The predicted molar refractivity (Wildman–Crippen MR) is 108 cm³/mol. The molecule has 0 aromatic heterocycles. The van der Waals surface area contributed by atoms with Crippen LogP contribution in [0.1, 0.15) is 40.9 Å². The van der Waals surface area contributed by atoms with Gasteiger partial charge in [-0.05, 0) is 54.8 Å². The lowest BCUT2D eigenvalue weighted by molar-refractivity contribution is 0.0935. The smallest absolute Gasteiger partial charge is 0.251 e. The highest BCUT2D eigenvalue weighted by molar-refractivity contribution is 7.92. The van der Waals surface area contributed by atoms with Crippen molar-refractivity contribution in [3.8, 4) is 5.75 Å². The number of anilines is 1. The van der Waals surface area contributed by atoms with Crippen LogP contribution < -0.4 is 14.4 Å². The van der Waals surface area contributed by atoms with Gasteiger partial charge in [0.2, 0.25) is 10.0 Å². The fraction of sp³-hybridized carbons (Fsp3) is 0.350. The van der Waals surface area contributed by atoms with Crippen LogP contribution in [0.15, 0.2) is 42.5 Å². The highest BCUT2D eigenvalue weighted by atomic mass is 32.2. The number of hydrogen-bond acceptors (Lipinski definition) is 4. The van der Waals surface area contributed by atoms with E-state index in [1.807, 2.05) is 31.2 Å². The Bertz CT molecular complexity index is 908. The Hall–Kier alpha value is -2.54. The molecule has 0 heterocycles. The summed E-state index contributed by atoms with van der Waals surface area (Å²) in [6, 6.07) is 12.5. The maximum atomic E-state index is 12.7. The first-order valence-corrected chi connectivity index (χ1v) is 10.5. The molecule has 0 aliphatic carbocycles. The second kappa shape index (κ2) is 8.43. The second-order valence-corrected chi connectivity index (χ2v) is 8.45. The number of carbonyl (C=O) groups is 1. The van der Waals surface area contributed by atoms with Gasteiger partial charge >= 0.3 is 0 Å². The van der Waals surface area contributed by atoms with Crippen molar-refractivity contribution in [3.63, 3.8) is 0 Å². The number of amides is 1. The Morgan fingerprint density at radius 2 is 1.81 bits per heavy atom. The number of benzene rings is 2. The van der Waals surface area contributed by atoms with Gasteiger partial charge < -0.3 is 10.1 Å². The van der Waals surface area contributed by atoms with E-state index < -0.39 is 10.0 Å². The van der Waals surface area contributed by atoms with Gasteiger partial charge in [0.1, 0.15) is 5.75 Å². The first-order chi connectivity index (χ1) is 12.7. The van der Waals surface area contributed by atoms with Gasteiger partial charge in [0, 0.05) is 12.6 Å². The molecule has 7 heteroatoms. The molecule has 0 aliphatic rings. The molecule has 146 valence electrons. The number of methoxy groups -OCH3 is 1. The summed E-state index contributed by atoms with van der Waals surface area (Å²) in [6.45, 7) is 3.79. The van der Waals surface area contributed by atoms with E-state index in [1.165, 1.54) is 11.4 Å². The topological polar surface area (TPSA) is 75.7 Å². The van der Waals surface area contributed by atoms with Gasteiger partial charge in [0.25, 0.3) is 5.91 Å². The number of aryl methyl sites for hydroxylation is 1. The van der Waals surface area contributed by atoms with Gasteiger partial charge in [0.15, 0.2) is 0 Å². The molecule has 0 aliphatic heterocycles. The van der Waals surface area contributed by atoms with Crippen molar-refractivity contribution in [3.05, 3.63) is 59.2 Å². The maximum absolute atomic E-state index is 12.7. The number of nitrogens with zero attached hydrogens (tertiary/aromatic N) is 1. The van der Waals surface area contributed by atoms with Crippen LogP contribution in [0.25, 0.3) is 0 Å².